The predicted molar refractivity (Wildman–Crippen MR) is 82.1 cm³/mol. The second-order valence-corrected chi connectivity index (χ2v) is 5.83. The Balaban J connectivity index is 1.95. The fourth-order valence-electron chi connectivity index (χ4n) is 2.53. The molecule has 114 valence electrons. The number of benzene rings is 1. The maximum Gasteiger partial charge on any atom is 0.141 e. The van der Waals surface area contributed by atoms with Crippen LogP contribution in [-0.2, 0) is 19.9 Å². The van der Waals surface area contributed by atoms with Crippen LogP contribution in [0.25, 0.3) is 0 Å². The van der Waals surface area contributed by atoms with Crippen molar-refractivity contribution in [2.75, 3.05) is 0 Å². The lowest BCUT2D eigenvalue weighted by atomic mass is 10.0. The molecule has 0 bridgehead atoms. The first-order chi connectivity index (χ1) is 9.88. The number of rotatable bonds is 5. The summed E-state index contributed by atoms with van der Waals surface area (Å²) in [5, 5.41) is 14.6. The highest BCUT2D eigenvalue weighted by Gasteiger charge is 2.13. The lowest BCUT2D eigenvalue weighted by molar-refractivity contribution is 0.165. The Labute approximate surface area is 129 Å². The number of aliphatic hydroxyl groups excluding tert-OH is 1. The van der Waals surface area contributed by atoms with Crippen molar-refractivity contribution in [2.45, 2.75) is 39.2 Å². The summed E-state index contributed by atoms with van der Waals surface area (Å²) in [5.74, 6) is -0.434. The van der Waals surface area contributed by atoms with E-state index in [9.17, 15) is 9.50 Å². The first kappa shape index (κ1) is 16.0. The van der Waals surface area contributed by atoms with Gasteiger partial charge in [0.25, 0.3) is 0 Å². The summed E-state index contributed by atoms with van der Waals surface area (Å²) >= 11 is 5.75. The largest absolute Gasteiger partial charge is 0.393 e. The van der Waals surface area contributed by atoms with E-state index in [1.54, 1.807) is 12.1 Å². The van der Waals surface area contributed by atoms with Crippen LogP contribution in [0.15, 0.2) is 18.2 Å². The fourth-order valence-corrected chi connectivity index (χ4v) is 2.73. The van der Waals surface area contributed by atoms with E-state index in [1.165, 1.54) is 11.6 Å². The highest BCUT2D eigenvalue weighted by molar-refractivity contribution is 6.30. The molecule has 2 rings (SSSR count). The van der Waals surface area contributed by atoms with Crippen molar-refractivity contribution in [1.29, 1.82) is 0 Å². The van der Waals surface area contributed by atoms with Gasteiger partial charge in [0.2, 0.25) is 0 Å². The van der Waals surface area contributed by atoms with Gasteiger partial charge < -0.3 is 5.11 Å². The lowest BCUT2D eigenvalue weighted by Gasteiger charge is -2.11. The average Bonchev–Trinajstić information content (AvgIpc) is 2.66. The quantitative estimate of drug-likeness (QED) is 0.919. The smallest absolute Gasteiger partial charge is 0.141 e. The molecule has 21 heavy (non-hydrogen) atoms. The van der Waals surface area contributed by atoms with E-state index in [2.05, 4.69) is 5.10 Å². The van der Waals surface area contributed by atoms with Crippen LogP contribution in [0.1, 0.15) is 28.9 Å². The summed E-state index contributed by atoms with van der Waals surface area (Å²) in [6.07, 6.45) is 1.41. The van der Waals surface area contributed by atoms with Crippen LogP contribution in [0.3, 0.4) is 0 Å². The Morgan fingerprint density at radius 2 is 2.10 bits per heavy atom. The third-order valence-electron chi connectivity index (χ3n) is 3.84. The van der Waals surface area contributed by atoms with Crippen molar-refractivity contribution in [2.24, 2.45) is 7.05 Å². The molecule has 0 fully saturated rings. The zero-order chi connectivity index (χ0) is 15.6. The van der Waals surface area contributed by atoms with Gasteiger partial charge in [0.1, 0.15) is 5.82 Å². The molecule has 1 atom stereocenters. The van der Waals surface area contributed by atoms with Gasteiger partial charge in [-0.25, -0.2) is 4.39 Å². The van der Waals surface area contributed by atoms with Gasteiger partial charge in [0.15, 0.2) is 0 Å². The monoisotopic (exact) mass is 310 g/mol. The highest BCUT2D eigenvalue weighted by Crippen LogP contribution is 2.19. The van der Waals surface area contributed by atoms with Gasteiger partial charge in [-0.3, -0.25) is 4.68 Å². The molecule has 0 saturated heterocycles. The molecule has 0 radical (unpaired) electrons. The van der Waals surface area contributed by atoms with Crippen molar-refractivity contribution >= 4 is 11.6 Å². The number of aromatic nitrogens is 2. The highest BCUT2D eigenvalue weighted by atomic mass is 35.5. The zero-order valence-electron chi connectivity index (χ0n) is 12.5. The van der Waals surface area contributed by atoms with Crippen LogP contribution in [-0.4, -0.2) is 21.0 Å². The molecule has 0 spiro atoms. The van der Waals surface area contributed by atoms with Crippen LogP contribution < -0.4 is 0 Å². The second kappa shape index (κ2) is 6.58. The molecule has 1 aromatic carbocycles. The second-order valence-electron chi connectivity index (χ2n) is 5.42. The number of hydrogen-bond donors (Lipinski definition) is 1. The maximum atomic E-state index is 13.1. The number of hydrogen-bond acceptors (Lipinski definition) is 2. The lowest BCUT2D eigenvalue weighted by Crippen LogP contribution is -2.12. The molecule has 2 aromatic rings. The van der Waals surface area contributed by atoms with Gasteiger partial charge >= 0.3 is 0 Å². The molecule has 0 amide bonds. The van der Waals surface area contributed by atoms with Gasteiger partial charge in [-0.2, -0.15) is 5.10 Å². The normalized spacial score (nSPS) is 12.7. The van der Waals surface area contributed by atoms with Crippen LogP contribution in [0.2, 0.25) is 5.02 Å². The Morgan fingerprint density at radius 3 is 2.67 bits per heavy atom. The third kappa shape index (κ3) is 3.83. The molecule has 3 nitrogen and oxygen atoms in total. The van der Waals surface area contributed by atoms with E-state index in [0.717, 1.165) is 23.4 Å². The minimum absolute atomic E-state index is 0.0960. The summed E-state index contributed by atoms with van der Waals surface area (Å²) in [5.41, 5.74) is 4.17. The Bertz CT molecular complexity index is 639. The minimum atomic E-state index is -0.481. The Hall–Kier alpha value is -1.39. The molecular weight excluding hydrogens is 291 g/mol. The van der Waals surface area contributed by atoms with Crippen molar-refractivity contribution in [1.82, 2.24) is 9.78 Å². The van der Waals surface area contributed by atoms with Crippen molar-refractivity contribution in [3.63, 3.8) is 0 Å². The van der Waals surface area contributed by atoms with E-state index >= 15 is 0 Å². The zero-order valence-corrected chi connectivity index (χ0v) is 13.3. The van der Waals surface area contributed by atoms with Crippen LogP contribution >= 0.6 is 11.6 Å². The van der Waals surface area contributed by atoms with Gasteiger partial charge in [-0.05, 0) is 56.4 Å². The molecular formula is C16H20ClFN2O. The molecule has 1 N–H and O–H groups in total. The summed E-state index contributed by atoms with van der Waals surface area (Å²) < 4.78 is 15.0. The van der Waals surface area contributed by atoms with E-state index in [0.29, 0.717) is 12.8 Å². The third-order valence-corrected chi connectivity index (χ3v) is 4.13. The number of nitrogens with zero attached hydrogens (tertiary/aromatic N) is 2. The topological polar surface area (TPSA) is 38.0 Å². The summed E-state index contributed by atoms with van der Waals surface area (Å²) in [6, 6.07) is 4.56. The van der Waals surface area contributed by atoms with Gasteiger partial charge in [0.05, 0.1) is 16.8 Å². The molecule has 1 unspecified atom stereocenters. The molecule has 1 heterocycles. The number of halogens is 2. The SMILES string of the molecule is Cc1nn(C)c(C)c1CCC(O)Cc1ccc(F)c(Cl)c1. The maximum absolute atomic E-state index is 13.1. The van der Waals surface area contributed by atoms with E-state index in [1.807, 2.05) is 25.6 Å². The van der Waals surface area contributed by atoms with E-state index in [-0.39, 0.29) is 5.02 Å². The molecule has 0 aliphatic rings. The minimum Gasteiger partial charge on any atom is -0.393 e. The first-order valence-electron chi connectivity index (χ1n) is 6.99. The van der Waals surface area contributed by atoms with Gasteiger partial charge in [-0.15, -0.1) is 0 Å². The van der Waals surface area contributed by atoms with Crippen molar-refractivity contribution in [3.05, 3.63) is 51.6 Å². The Kier molecular flexibility index (Phi) is 5.01. The first-order valence-corrected chi connectivity index (χ1v) is 7.37. The number of aryl methyl sites for hydroxylation is 2. The summed E-state index contributed by atoms with van der Waals surface area (Å²) in [4.78, 5) is 0. The number of aliphatic hydroxyl groups is 1. The van der Waals surface area contributed by atoms with E-state index in [4.69, 9.17) is 11.6 Å². The predicted octanol–water partition coefficient (Wildman–Crippen LogP) is 3.37. The van der Waals surface area contributed by atoms with Crippen LogP contribution in [0, 0.1) is 19.7 Å². The fraction of sp³-hybridized carbons (Fsp3) is 0.438. The average molecular weight is 311 g/mol. The molecule has 0 aliphatic carbocycles. The summed E-state index contributed by atoms with van der Waals surface area (Å²) in [7, 11) is 1.92. The van der Waals surface area contributed by atoms with Crippen LogP contribution in [0.4, 0.5) is 4.39 Å². The molecule has 0 saturated carbocycles. The van der Waals surface area contributed by atoms with E-state index < -0.39 is 11.9 Å². The summed E-state index contributed by atoms with van der Waals surface area (Å²) in [6.45, 7) is 4.01. The van der Waals surface area contributed by atoms with Crippen molar-refractivity contribution in [3.8, 4) is 0 Å². The molecule has 5 heteroatoms. The van der Waals surface area contributed by atoms with Crippen LogP contribution in [0.5, 0.6) is 0 Å². The Morgan fingerprint density at radius 1 is 1.38 bits per heavy atom. The molecule has 1 aromatic heterocycles. The van der Waals surface area contributed by atoms with Crippen molar-refractivity contribution < 1.29 is 9.50 Å². The molecule has 0 aliphatic heterocycles. The van der Waals surface area contributed by atoms with Gasteiger partial charge in [-0.1, -0.05) is 17.7 Å². The van der Waals surface area contributed by atoms with Gasteiger partial charge in [0, 0.05) is 12.7 Å². The standard InChI is InChI=1S/C16H20ClFN2O/c1-10-14(11(2)20(3)19-10)6-5-13(21)8-12-4-7-16(18)15(17)9-12/h4,7,9,13,21H,5-6,8H2,1-3H3.